The van der Waals surface area contributed by atoms with Gasteiger partial charge in [-0.25, -0.2) is 9.78 Å². The topological polar surface area (TPSA) is 157 Å². The van der Waals surface area contributed by atoms with Gasteiger partial charge in [-0.1, -0.05) is 12.1 Å². The Morgan fingerprint density at radius 1 is 0.948 bits per heavy atom. The molecule has 3 aliphatic rings. The van der Waals surface area contributed by atoms with Crippen molar-refractivity contribution >= 4 is 51.0 Å². The second-order valence-corrected chi connectivity index (χ2v) is 15.7. The Bertz CT molecular complexity index is 2420. The second kappa shape index (κ2) is 15.9. The SMILES string of the molecule is COc1cc2nn(C3CCC(CNCC4CCN(c5cccc6c5n(C)c(=O)n6C5CCC(=O)NC5=O)CC4)CC3)cc2cc1NC(=O)c1cccc(C(F)(F)F)n1. The summed E-state index contributed by atoms with van der Waals surface area (Å²) in [5.74, 6) is -0.101. The number of nitrogens with one attached hydrogen (secondary N) is 3. The standard InChI is InChI=1S/C41H46F3N9O5/c1-50-37-31(6-4-7-32(37)53(40(50)57)33-13-14-36(54)48-39(33)56)51-17-15-25(16-18-51)22-45-21-24-9-11-27(12-10-24)52-23-26-19-30(34(58-2)20-29(26)49-52)47-38(55)28-5-3-8-35(46-28)41(42,43)44/h3-8,19-20,23-25,27,33,45H,9-18,21-22H2,1-2H3,(H,47,55)(H,48,54,56). The Balaban J connectivity index is 0.824. The van der Waals surface area contributed by atoms with Gasteiger partial charge in [0, 0.05) is 44.2 Å². The van der Waals surface area contributed by atoms with Gasteiger partial charge in [-0.3, -0.25) is 33.5 Å². The molecular formula is C41H46F3N9O5. The highest BCUT2D eigenvalue weighted by atomic mass is 19.4. The first-order valence-corrected chi connectivity index (χ1v) is 19.8. The number of halogens is 3. The number of nitrogens with zero attached hydrogens (tertiary/aromatic N) is 6. The molecule has 5 heterocycles. The molecule has 1 unspecified atom stereocenters. The van der Waals surface area contributed by atoms with Crippen LogP contribution in [0, 0.1) is 11.8 Å². The molecule has 3 N–H and O–H groups in total. The number of aromatic nitrogens is 5. The van der Waals surface area contributed by atoms with Crippen molar-refractivity contribution in [2.45, 2.75) is 69.6 Å². The van der Waals surface area contributed by atoms with Crippen molar-refractivity contribution in [2.24, 2.45) is 18.9 Å². The van der Waals surface area contributed by atoms with E-state index in [1.807, 2.05) is 29.1 Å². The Morgan fingerprint density at radius 3 is 2.38 bits per heavy atom. The maximum Gasteiger partial charge on any atom is 0.433 e. The first kappa shape index (κ1) is 39.1. The third-order valence-electron chi connectivity index (χ3n) is 12.0. The van der Waals surface area contributed by atoms with Crippen molar-refractivity contribution in [1.29, 1.82) is 0 Å². The summed E-state index contributed by atoms with van der Waals surface area (Å²) in [5, 5.41) is 14.4. The molecule has 1 atom stereocenters. The highest BCUT2D eigenvalue weighted by Crippen LogP contribution is 2.36. The molecule has 0 bridgehead atoms. The molecular weight excluding hydrogens is 756 g/mol. The fourth-order valence-corrected chi connectivity index (χ4v) is 8.82. The summed E-state index contributed by atoms with van der Waals surface area (Å²) in [6.45, 7) is 3.61. The minimum Gasteiger partial charge on any atom is -0.494 e. The molecule has 0 radical (unpaired) electrons. The van der Waals surface area contributed by atoms with Gasteiger partial charge >= 0.3 is 11.9 Å². The van der Waals surface area contributed by atoms with E-state index in [2.05, 4.69) is 25.8 Å². The zero-order valence-corrected chi connectivity index (χ0v) is 32.3. The number of para-hydroxylation sites is 1. The van der Waals surface area contributed by atoms with E-state index in [4.69, 9.17) is 9.84 Å². The van der Waals surface area contributed by atoms with E-state index in [0.717, 1.165) is 93.4 Å². The third-order valence-corrected chi connectivity index (χ3v) is 12.0. The third kappa shape index (κ3) is 7.78. The molecule has 17 heteroatoms. The van der Waals surface area contributed by atoms with Crippen LogP contribution >= 0.6 is 0 Å². The number of amides is 3. The lowest BCUT2D eigenvalue weighted by Crippen LogP contribution is -2.44. The smallest absolute Gasteiger partial charge is 0.433 e. The monoisotopic (exact) mass is 801 g/mol. The summed E-state index contributed by atoms with van der Waals surface area (Å²) < 4.78 is 50.1. The highest BCUT2D eigenvalue weighted by Gasteiger charge is 2.34. The predicted octanol–water partition coefficient (Wildman–Crippen LogP) is 5.58. The lowest BCUT2D eigenvalue weighted by molar-refractivity contribution is -0.141. The van der Waals surface area contributed by atoms with Crippen LogP contribution in [0.4, 0.5) is 24.5 Å². The van der Waals surface area contributed by atoms with Gasteiger partial charge in [-0.2, -0.15) is 18.3 Å². The van der Waals surface area contributed by atoms with Crippen LogP contribution in [-0.4, -0.2) is 74.9 Å². The van der Waals surface area contributed by atoms with Crippen LogP contribution in [0.3, 0.4) is 0 Å². The summed E-state index contributed by atoms with van der Waals surface area (Å²) in [5.41, 5.74) is 1.72. The Morgan fingerprint density at radius 2 is 1.67 bits per heavy atom. The van der Waals surface area contributed by atoms with Crippen LogP contribution in [0.2, 0.25) is 0 Å². The molecule has 306 valence electrons. The van der Waals surface area contributed by atoms with Crippen LogP contribution in [0.5, 0.6) is 5.75 Å². The Labute approximate surface area is 331 Å². The van der Waals surface area contributed by atoms with Crippen molar-refractivity contribution in [3.8, 4) is 5.75 Å². The summed E-state index contributed by atoms with van der Waals surface area (Å²) in [4.78, 5) is 56.5. The Kier molecular flexibility index (Phi) is 10.7. The predicted molar refractivity (Wildman–Crippen MR) is 211 cm³/mol. The number of hydrogen-bond donors (Lipinski definition) is 3. The van der Waals surface area contributed by atoms with Crippen molar-refractivity contribution in [3.05, 3.63) is 76.6 Å². The van der Waals surface area contributed by atoms with Gasteiger partial charge in [-0.05, 0) is 100 Å². The largest absolute Gasteiger partial charge is 0.494 e. The summed E-state index contributed by atoms with van der Waals surface area (Å²) in [6.07, 6.45) is 3.87. The molecule has 3 aromatic heterocycles. The maximum absolute atomic E-state index is 13.4. The van der Waals surface area contributed by atoms with Gasteiger partial charge in [0.1, 0.15) is 23.2 Å². The van der Waals surface area contributed by atoms with Crippen LogP contribution < -0.4 is 31.3 Å². The van der Waals surface area contributed by atoms with E-state index >= 15 is 0 Å². The summed E-state index contributed by atoms with van der Waals surface area (Å²) in [7, 11) is 3.19. The number of imidazole rings is 1. The van der Waals surface area contributed by atoms with Gasteiger partial charge in [0.15, 0.2) is 0 Å². The normalized spacial score (nSPS) is 20.8. The minimum absolute atomic E-state index is 0.202. The van der Waals surface area contributed by atoms with E-state index in [0.29, 0.717) is 40.7 Å². The molecule has 5 aromatic rings. The minimum atomic E-state index is -4.67. The quantitative estimate of drug-likeness (QED) is 0.154. The van der Waals surface area contributed by atoms with E-state index < -0.39 is 29.7 Å². The molecule has 2 saturated heterocycles. The molecule has 8 rings (SSSR count). The summed E-state index contributed by atoms with van der Waals surface area (Å²) >= 11 is 0. The molecule has 2 aliphatic heterocycles. The van der Waals surface area contributed by atoms with Crippen molar-refractivity contribution in [3.63, 3.8) is 0 Å². The molecule has 14 nitrogen and oxygen atoms in total. The van der Waals surface area contributed by atoms with Crippen molar-refractivity contribution in [1.82, 2.24) is 34.5 Å². The number of piperidine rings is 2. The number of carbonyl (C=O) groups excluding carboxylic acids is 3. The van der Waals surface area contributed by atoms with E-state index in [1.165, 1.54) is 17.7 Å². The number of carbonyl (C=O) groups is 3. The van der Waals surface area contributed by atoms with E-state index in [-0.39, 0.29) is 29.8 Å². The lowest BCUT2D eigenvalue weighted by Gasteiger charge is -2.35. The zero-order valence-electron chi connectivity index (χ0n) is 32.3. The van der Waals surface area contributed by atoms with E-state index in [9.17, 15) is 32.3 Å². The van der Waals surface area contributed by atoms with Gasteiger partial charge in [0.25, 0.3) is 5.91 Å². The van der Waals surface area contributed by atoms with Gasteiger partial charge < -0.3 is 20.3 Å². The van der Waals surface area contributed by atoms with Crippen LogP contribution in [0.1, 0.15) is 79.6 Å². The molecule has 3 fully saturated rings. The fourth-order valence-electron chi connectivity index (χ4n) is 8.82. The number of fused-ring (bicyclic) bond motifs is 2. The van der Waals surface area contributed by atoms with Gasteiger partial charge in [0.2, 0.25) is 11.8 Å². The molecule has 58 heavy (non-hydrogen) atoms. The molecule has 0 spiro atoms. The second-order valence-electron chi connectivity index (χ2n) is 15.7. The average Bonchev–Trinajstić information content (AvgIpc) is 3.75. The number of alkyl halides is 3. The van der Waals surface area contributed by atoms with Gasteiger partial charge in [0.05, 0.1) is 41.1 Å². The van der Waals surface area contributed by atoms with Crippen molar-refractivity contribution in [2.75, 3.05) is 43.5 Å². The lowest BCUT2D eigenvalue weighted by atomic mass is 9.86. The Hall–Kier alpha value is -5.71. The first-order chi connectivity index (χ1) is 27.9. The number of pyridine rings is 1. The van der Waals surface area contributed by atoms with Crippen LogP contribution in [0.25, 0.3) is 21.9 Å². The van der Waals surface area contributed by atoms with Crippen molar-refractivity contribution < 1.29 is 32.3 Å². The van der Waals surface area contributed by atoms with E-state index in [1.54, 1.807) is 23.7 Å². The average molecular weight is 802 g/mol. The number of benzene rings is 2. The number of rotatable bonds is 10. The number of anilines is 2. The van der Waals surface area contributed by atoms with Crippen LogP contribution in [-0.2, 0) is 22.8 Å². The molecule has 3 amide bonds. The number of methoxy groups -OCH3 is 1. The highest BCUT2D eigenvalue weighted by molar-refractivity contribution is 6.05. The molecule has 1 saturated carbocycles. The first-order valence-electron chi connectivity index (χ1n) is 19.8. The number of ether oxygens (including phenoxy) is 1. The fraction of sp³-hybridized carbons (Fsp3) is 0.463. The molecule has 1 aliphatic carbocycles. The number of hydrogen-bond acceptors (Lipinski definition) is 9. The van der Waals surface area contributed by atoms with Crippen LogP contribution in [0.15, 0.2) is 59.5 Å². The zero-order chi connectivity index (χ0) is 40.7. The number of aryl methyl sites for hydroxylation is 1. The number of imide groups is 1. The van der Waals surface area contributed by atoms with Gasteiger partial charge in [-0.15, -0.1) is 0 Å². The summed E-state index contributed by atoms with van der Waals surface area (Å²) in [6, 6.07) is 12.0. The maximum atomic E-state index is 13.4. The molecule has 2 aromatic carbocycles.